The van der Waals surface area contributed by atoms with E-state index in [-0.39, 0.29) is 16.7 Å². The first-order valence-electron chi connectivity index (χ1n) is 10.8. The largest absolute Gasteiger partial charge is 0.439 e. The first-order chi connectivity index (χ1) is 16.0. The second-order valence-corrected chi connectivity index (χ2v) is 10.7. The standard InChI is InChI=1S/C25H27N5O3S/c1-17-11-9-10-14-20(17)22-21(25(2,3)4)23(33-18-12-7-6-8-13-18)28-24(27-22)29-34(31,32)19-15-26-30(5)16-19/h6-16H,1-5H3,(H,27,28,29). The van der Waals surface area contributed by atoms with Gasteiger partial charge in [-0.1, -0.05) is 63.2 Å². The van der Waals surface area contributed by atoms with Crippen molar-refractivity contribution in [2.24, 2.45) is 7.05 Å². The number of anilines is 1. The molecule has 0 spiro atoms. The summed E-state index contributed by atoms with van der Waals surface area (Å²) in [6, 6.07) is 17.1. The third-order valence-electron chi connectivity index (χ3n) is 5.20. The van der Waals surface area contributed by atoms with Crippen molar-refractivity contribution in [2.75, 3.05) is 4.72 Å². The summed E-state index contributed by atoms with van der Waals surface area (Å²) in [6.07, 6.45) is 2.69. The molecular weight excluding hydrogens is 450 g/mol. The molecule has 0 aliphatic heterocycles. The molecule has 4 aromatic rings. The van der Waals surface area contributed by atoms with Gasteiger partial charge in [0, 0.05) is 24.4 Å². The lowest BCUT2D eigenvalue weighted by Gasteiger charge is -2.26. The second-order valence-electron chi connectivity index (χ2n) is 9.01. The molecule has 0 saturated heterocycles. The lowest BCUT2D eigenvalue weighted by Crippen LogP contribution is -2.20. The number of rotatable bonds is 6. The summed E-state index contributed by atoms with van der Waals surface area (Å²) in [4.78, 5) is 9.21. The Hall–Kier alpha value is -3.72. The molecule has 2 aromatic heterocycles. The molecule has 9 heteroatoms. The fourth-order valence-electron chi connectivity index (χ4n) is 3.59. The zero-order chi connectivity index (χ0) is 24.5. The normalized spacial score (nSPS) is 11.9. The average molecular weight is 478 g/mol. The van der Waals surface area contributed by atoms with Gasteiger partial charge in [-0.2, -0.15) is 10.1 Å². The number of benzene rings is 2. The van der Waals surface area contributed by atoms with Gasteiger partial charge in [-0.25, -0.2) is 18.1 Å². The van der Waals surface area contributed by atoms with E-state index in [0.29, 0.717) is 11.4 Å². The molecule has 0 aliphatic rings. The van der Waals surface area contributed by atoms with Crippen LogP contribution in [-0.4, -0.2) is 28.2 Å². The topological polar surface area (TPSA) is 99.0 Å². The fourth-order valence-corrected chi connectivity index (χ4v) is 4.51. The molecule has 34 heavy (non-hydrogen) atoms. The highest BCUT2D eigenvalue weighted by molar-refractivity contribution is 7.92. The maximum atomic E-state index is 13.0. The lowest BCUT2D eigenvalue weighted by atomic mass is 9.84. The van der Waals surface area contributed by atoms with Crippen LogP contribution in [0.25, 0.3) is 11.3 Å². The van der Waals surface area contributed by atoms with Gasteiger partial charge < -0.3 is 4.74 Å². The lowest BCUT2D eigenvalue weighted by molar-refractivity contribution is 0.436. The maximum Gasteiger partial charge on any atom is 0.267 e. The van der Waals surface area contributed by atoms with Crippen molar-refractivity contribution in [3.05, 3.63) is 78.1 Å². The molecule has 176 valence electrons. The molecule has 0 saturated carbocycles. The smallest absolute Gasteiger partial charge is 0.267 e. The molecule has 0 unspecified atom stereocenters. The van der Waals surface area contributed by atoms with Gasteiger partial charge in [0.2, 0.25) is 11.8 Å². The molecule has 2 aromatic carbocycles. The molecule has 0 bridgehead atoms. The summed E-state index contributed by atoms with van der Waals surface area (Å²) >= 11 is 0. The van der Waals surface area contributed by atoms with E-state index in [2.05, 4.69) is 19.8 Å². The Morgan fingerprint density at radius 3 is 2.26 bits per heavy atom. The number of hydrogen-bond donors (Lipinski definition) is 1. The Morgan fingerprint density at radius 2 is 1.65 bits per heavy atom. The molecule has 0 radical (unpaired) electrons. The van der Waals surface area contributed by atoms with Crippen LogP contribution in [0.5, 0.6) is 11.6 Å². The number of para-hydroxylation sites is 1. The summed E-state index contributed by atoms with van der Waals surface area (Å²) < 4.78 is 36.1. The van der Waals surface area contributed by atoms with E-state index in [1.165, 1.54) is 17.1 Å². The molecule has 0 fully saturated rings. The van der Waals surface area contributed by atoms with Crippen molar-refractivity contribution >= 4 is 16.0 Å². The number of aryl methyl sites for hydroxylation is 2. The van der Waals surface area contributed by atoms with Gasteiger partial charge in [-0.3, -0.25) is 4.68 Å². The Bertz CT molecular complexity index is 1420. The minimum atomic E-state index is -3.95. The van der Waals surface area contributed by atoms with Crippen LogP contribution in [0, 0.1) is 6.92 Å². The van der Waals surface area contributed by atoms with E-state index in [1.54, 1.807) is 7.05 Å². The molecule has 2 heterocycles. The fraction of sp³-hybridized carbons (Fsp3) is 0.240. The minimum Gasteiger partial charge on any atom is -0.439 e. The van der Waals surface area contributed by atoms with Crippen molar-refractivity contribution in [3.8, 4) is 22.9 Å². The summed E-state index contributed by atoms with van der Waals surface area (Å²) in [6.45, 7) is 8.13. The monoisotopic (exact) mass is 477 g/mol. The van der Waals surface area contributed by atoms with E-state index < -0.39 is 15.4 Å². The predicted molar refractivity (Wildman–Crippen MR) is 131 cm³/mol. The van der Waals surface area contributed by atoms with E-state index >= 15 is 0 Å². The number of aromatic nitrogens is 4. The highest BCUT2D eigenvalue weighted by Crippen LogP contribution is 2.41. The van der Waals surface area contributed by atoms with Crippen molar-refractivity contribution in [1.29, 1.82) is 0 Å². The quantitative estimate of drug-likeness (QED) is 0.416. The van der Waals surface area contributed by atoms with Gasteiger partial charge in [-0.05, 0) is 30.0 Å². The highest BCUT2D eigenvalue weighted by atomic mass is 32.2. The van der Waals surface area contributed by atoms with Crippen LogP contribution < -0.4 is 9.46 Å². The highest BCUT2D eigenvalue weighted by Gasteiger charge is 2.29. The van der Waals surface area contributed by atoms with Crippen LogP contribution in [0.2, 0.25) is 0 Å². The van der Waals surface area contributed by atoms with Gasteiger partial charge in [0.25, 0.3) is 10.0 Å². The van der Waals surface area contributed by atoms with E-state index in [1.807, 2.05) is 82.3 Å². The Labute approximate surface area is 199 Å². The van der Waals surface area contributed by atoms with E-state index in [0.717, 1.165) is 16.7 Å². The molecule has 8 nitrogen and oxygen atoms in total. The van der Waals surface area contributed by atoms with E-state index in [4.69, 9.17) is 4.74 Å². The van der Waals surface area contributed by atoms with Crippen LogP contribution in [0.1, 0.15) is 31.9 Å². The first-order valence-corrected chi connectivity index (χ1v) is 12.3. The Balaban J connectivity index is 1.93. The zero-order valence-corrected chi connectivity index (χ0v) is 20.6. The second kappa shape index (κ2) is 8.90. The molecule has 0 aliphatic carbocycles. The van der Waals surface area contributed by atoms with Crippen molar-refractivity contribution in [3.63, 3.8) is 0 Å². The third-order valence-corrected chi connectivity index (χ3v) is 6.48. The molecule has 4 rings (SSSR count). The average Bonchev–Trinajstić information content (AvgIpc) is 3.21. The van der Waals surface area contributed by atoms with Crippen molar-refractivity contribution in [1.82, 2.24) is 19.7 Å². The van der Waals surface area contributed by atoms with E-state index in [9.17, 15) is 8.42 Å². The number of hydrogen-bond acceptors (Lipinski definition) is 6. The van der Waals surface area contributed by atoms with Gasteiger partial charge in [0.1, 0.15) is 10.6 Å². The van der Waals surface area contributed by atoms with Crippen LogP contribution in [0.4, 0.5) is 5.95 Å². The molecule has 0 atom stereocenters. The predicted octanol–water partition coefficient (Wildman–Crippen LogP) is 5.08. The van der Waals surface area contributed by atoms with Gasteiger partial charge in [0.15, 0.2) is 0 Å². The van der Waals surface area contributed by atoms with Crippen LogP contribution in [-0.2, 0) is 22.5 Å². The van der Waals surface area contributed by atoms with Crippen LogP contribution in [0.15, 0.2) is 71.9 Å². The summed E-state index contributed by atoms with van der Waals surface area (Å²) in [7, 11) is -2.30. The van der Waals surface area contributed by atoms with Gasteiger partial charge in [-0.15, -0.1) is 0 Å². The molecule has 0 amide bonds. The number of nitrogens with one attached hydrogen (secondary N) is 1. The van der Waals surface area contributed by atoms with Crippen LogP contribution >= 0.6 is 0 Å². The summed E-state index contributed by atoms with van der Waals surface area (Å²) in [5.74, 6) is 0.792. The Morgan fingerprint density at radius 1 is 0.971 bits per heavy atom. The van der Waals surface area contributed by atoms with Crippen molar-refractivity contribution < 1.29 is 13.2 Å². The zero-order valence-electron chi connectivity index (χ0n) is 19.8. The SMILES string of the molecule is Cc1ccccc1-c1nc(NS(=O)(=O)c2cnn(C)c2)nc(Oc2ccccc2)c1C(C)(C)C. The molecule has 1 N–H and O–H groups in total. The number of nitrogens with zero attached hydrogens (tertiary/aromatic N) is 4. The van der Waals surface area contributed by atoms with Gasteiger partial charge >= 0.3 is 0 Å². The number of ether oxygens (including phenoxy) is 1. The molecular formula is C25H27N5O3S. The summed E-state index contributed by atoms with van der Waals surface area (Å²) in [5.41, 5.74) is 2.85. The van der Waals surface area contributed by atoms with Crippen LogP contribution in [0.3, 0.4) is 0 Å². The first kappa shape index (κ1) is 23.4. The number of sulfonamides is 1. The summed E-state index contributed by atoms with van der Waals surface area (Å²) in [5, 5.41) is 3.95. The maximum absolute atomic E-state index is 13.0. The third kappa shape index (κ3) is 4.94. The van der Waals surface area contributed by atoms with Gasteiger partial charge in [0.05, 0.1) is 11.9 Å². The minimum absolute atomic E-state index is 0.0152. The Kier molecular flexibility index (Phi) is 6.14. The van der Waals surface area contributed by atoms with Crippen molar-refractivity contribution in [2.45, 2.75) is 38.0 Å².